The molecule has 2 aromatic rings. The van der Waals surface area contributed by atoms with Crippen molar-refractivity contribution in [2.75, 3.05) is 5.75 Å². The molecule has 0 saturated heterocycles. The highest BCUT2D eigenvalue weighted by atomic mass is 32.2. The predicted molar refractivity (Wildman–Crippen MR) is 68.2 cm³/mol. The molecule has 0 aliphatic heterocycles. The fourth-order valence-electron chi connectivity index (χ4n) is 1.39. The van der Waals surface area contributed by atoms with Crippen molar-refractivity contribution in [3.05, 3.63) is 53.6 Å². The van der Waals surface area contributed by atoms with Gasteiger partial charge in [0, 0.05) is 11.9 Å². The fraction of sp³-hybridized carbons (Fsp3) is 0.154. The van der Waals surface area contributed by atoms with Gasteiger partial charge in [-0.05, 0) is 25.1 Å². The summed E-state index contributed by atoms with van der Waals surface area (Å²) in [6.07, 6.45) is 1.64. The first-order chi connectivity index (χ1) is 8.66. The van der Waals surface area contributed by atoms with E-state index in [0.717, 1.165) is 5.69 Å². The molecular weight excluding hydrogens is 251 g/mol. The van der Waals surface area contributed by atoms with E-state index in [9.17, 15) is 9.18 Å². The van der Waals surface area contributed by atoms with E-state index in [0.29, 0.717) is 5.16 Å². The van der Waals surface area contributed by atoms with Gasteiger partial charge in [0.15, 0.2) is 10.9 Å². The Morgan fingerprint density at radius 3 is 2.83 bits per heavy atom. The van der Waals surface area contributed by atoms with E-state index < -0.39 is 5.82 Å². The van der Waals surface area contributed by atoms with E-state index in [1.165, 1.54) is 23.9 Å². The normalized spacial score (nSPS) is 10.3. The Morgan fingerprint density at radius 1 is 1.33 bits per heavy atom. The Hall–Kier alpha value is -1.75. The van der Waals surface area contributed by atoms with Crippen LogP contribution in [-0.4, -0.2) is 21.5 Å². The van der Waals surface area contributed by atoms with Crippen LogP contribution in [0, 0.1) is 12.7 Å². The number of carbonyl (C=O) groups is 1. The van der Waals surface area contributed by atoms with Crippen molar-refractivity contribution < 1.29 is 9.18 Å². The fourth-order valence-corrected chi connectivity index (χ4v) is 2.15. The van der Waals surface area contributed by atoms with Crippen molar-refractivity contribution in [1.82, 2.24) is 9.97 Å². The predicted octanol–water partition coefficient (Wildman–Crippen LogP) is 2.90. The van der Waals surface area contributed by atoms with Crippen molar-refractivity contribution in [3.63, 3.8) is 0 Å². The Morgan fingerprint density at radius 2 is 2.11 bits per heavy atom. The highest BCUT2D eigenvalue weighted by molar-refractivity contribution is 7.99. The summed E-state index contributed by atoms with van der Waals surface area (Å²) in [5.74, 6) is -0.624. The standard InChI is InChI=1S/C13H11FN2OS/c1-9-6-7-15-13(16-9)18-8-12(17)10-4-2-3-5-11(10)14/h2-7H,8H2,1H3. The third-order valence-electron chi connectivity index (χ3n) is 2.28. The molecule has 2 rings (SSSR count). The quantitative estimate of drug-likeness (QED) is 0.483. The molecule has 0 saturated carbocycles. The number of aromatic nitrogens is 2. The van der Waals surface area contributed by atoms with Crippen molar-refractivity contribution in [2.45, 2.75) is 12.1 Å². The lowest BCUT2D eigenvalue weighted by Gasteiger charge is -2.02. The van der Waals surface area contributed by atoms with Crippen LogP contribution in [0.25, 0.3) is 0 Å². The Kier molecular flexibility index (Phi) is 4.04. The van der Waals surface area contributed by atoms with Crippen LogP contribution in [0.3, 0.4) is 0 Å². The molecule has 18 heavy (non-hydrogen) atoms. The van der Waals surface area contributed by atoms with Crippen LogP contribution in [0.5, 0.6) is 0 Å². The third kappa shape index (κ3) is 3.13. The van der Waals surface area contributed by atoms with Crippen molar-refractivity contribution >= 4 is 17.5 Å². The number of thioether (sulfide) groups is 1. The Balaban J connectivity index is 2.03. The highest BCUT2D eigenvalue weighted by Gasteiger charge is 2.11. The molecular formula is C13H11FN2OS. The molecule has 3 nitrogen and oxygen atoms in total. The summed E-state index contributed by atoms with van der Waals surface area (Å²) < 4.78 is 13.4. The minimum absolute atomic E-state index is 0.109. The molecule has 1 heterocycles. The number of aryl methyl sites for hydroxylation is 1. The van der Waals surface area contributed by atoms with Gasteiger partial charge in [0.2, 0.25) is 0 Å². The number of carbonyl (C=O) groups excluding carboxylic acids is 1. The first-order valence-corrected chi connectivity index (χ1v) is 6.35. The number of nitrogens with zero attached hydrogens (tertiary/aromatic N) is 2. The lowest BCUT2D eigenvalue weighted by atomic mass is 10.1. The second kappa shape index (κ2) is 5.73. The zero-order valence-electron chi connectivity index (χ0n) is 9.76. The minimum Gasteiger partial charge on any atom is -0.293 e. The van der Waals surface area contributed by atoms with Crippen LogP contribution in [-0.2, 0) is 0 Å². The van der Waals surface area contributed by atoms with Gasteiger partial charge in [-0.1, -0.05) is 23.9 Å². The van der Waals surface area contributed by atoms with Gasteiger partial charge in [0.05, 0.1) is 11.3 Å². The van der Waals surface area contributed by atoms with E-state index in [-0.39, 0.29) is 17.1 Å². The summed E-state index contributed by atoms with van der Waals surface area (Å²) >= 11 is 1.21. The van der Waals surface area contributed by atoms with E-state index in [1.54, 1.807) is 24.4 Å². The zero-order valence-corrected chi connectivity index (χ0v) is 10.6. The van der Waals surface area contributed by atoms with E-state index >= 15 is 0 Å². The first kappa shape index (κ1) is 12.7. The van der Waals surface area contributed by atoms with E-state index in [2.05, 4.69) is 9.97 Å². The molecule has 0 radical (unpaired) electrons. The van der Waals surface area contributed by atoms with Crippen LogP contribution < -0.4 is 0 Å². The minimum atomic E-state index is -0.492. The molecule has 1 aromatic heterocycles. The monoisotopic (exact) mass is 262 g/mol. The number of halogens is 1. The molecule has 0 N–H and O–H groups in total. The molecule has 0 atom stereocenters. The molecule has 5 heteroatoms. The van der Waals surface area contributed by atoms with E-state index in [4.69, 9.17) is 0 Å². The van der Waals surface area contributed by atoms with Crippen molar-refractivity contribution in [3.8, 4) is 0 Å². The summed E-state index contributed by atoms with van der Waals surface area (Å²) in [7, 11) is 0. The van der Waals surface area contributed by atoms with Crippen molar-refractivity contribution in [1.29, 1.82) is 0 Å². The molecule has 0 bridgehead atoms. The molecule has 0 amide bonds. The van der Waals surface area contributed by atoms with Crippen molar-refractivity contribution in [2.24, 2.45) is 0 Å². The van der Waals surface area contributed by atoms with Gasteiger partial charge < -0.3 is 0 Å². The van der Waals surface area contributed by atoms with Gasteiger partial charge in [-0.2, -0.15) is 0 Å². The zero-order chi connectivity index (χ0) is 13.0. The SMILES string of the molecule is Cc1ccnc(SCC(=O)c2ccccc2F)n1. The molecule has 0 unspecified atom stereocenters. The van der Waals surface area contributed by atoms with Gasteiger partial charge in [0.25, 0.3) is 0 Å². The van der Waals surface area contributed by atoms with Crippen LogP contribution in [0.1, 0.15) is 16.1 Å². The number of benzene rings is 1. The molecule has 92 valence electrons. The second-order valence-electron chi connectivity index (χ2n) is 3.67. The highest BCUT2D eigenvalue weighted by Crippen LogP contribution is 2.16. The Labute approximate surface area is 108 Å². The Bertz CT molecular complexity index is 574. The van der Waals surface area contributed by atoms with Gasteiger partial charge in [-0.15, -0.1) is 0 Å². The second-order valence-corrected chi connectivity index (χ2v) is 4.61. The van der Waals surface area contributed by atoms with Crippen LogP contribution >= 0.6 is 11.8 Å². The smallest absolute Gasteiger partial charge is 0.188 e. The van der Waals surface area contributed by atoms with Crippen LogP contribution in [0.4, 0.5) is 4.39 Å². The summed E-state index contributed by atoms with van der Waals surface area (Å²) in [5.41, 5.74) is 0.948. The van der Waals surface area contributed by atoms with E-state index in [1.807, 2.05) is 6.92 Å². The molecule has 0 fully saturated rings. The maximum Gasteiger partial charge on any atom is 0.188 e. The number of ketones is 1. The summed E-state index contributed by atoms with van der Waals surface area (Å²) in [6, 6.07) is 7.74. The summed E-state index contributed by atoms with van der Waals surface area (Å²) in [4.78, 5) is 20.0. The number of hydrogen-bond acceptors (Lipinski definition) is 4. The molecule has 0 spiro atoms. The van der Waals surface area contributed by atoms with Gasteiger partial charge >= 0.3 is 0 Å². The maximum absolute atomic E-state index is 13.4. The van der Waals surface area contributed by atoms with Crippen LogP contribution in [0.15, 0.2) is 41.7 Å². The lowest BCUT2D eigenvalue weighted by molar-refractivity contribution is 0.101. The average Bonchev–Trinajstić information content (AvgIpc) is 2.37. The number of Topliss-reactive ketones (excluding diaryl/α,β-unsaturated/α-hetero) is 1. The largest absolute Gasteiger partial charge is 0.293 e. The topological polar surface area (TPSA) is 42.9 Å². The number of rotatable bonds is 4. The van der Waals surface area contributed by atoms with Gasteiger partial charge in [-0.25, -0.2) is 14.4 Å². The first-order valence-electron chi connectivity index (χ1n) is 5.37. The van der Waals surface area contributed by atoms with Crippen LogP contribution in [0.2, 0.25) is 0 Å². The molecule has 0 aliphatic rings. The lowest BCUT2D eigenvalue weighted by Crippen LogP contribution is -2.05. The average molecular weight is 262 g/mol. The van der Waals surface area contributed by atoms with Gasteiger partial charge in [0.1, 0.15) is 5.82 Å². The molecule has 0 aliphatic carbocycles. The summed E-state index contributed by atoms with van der Waals surface area (Å²) in [6.45, 7) is 1.85. The third-order valence-corrected chi connectivity index (χ3v) is 3.14. The maximum atomic E-state index is 13.4. The number of hydrogen-bond donors (Lipinski definition) is 0. The summed E-state index contributed by atoms with van der Waals surface area (Å²) in [5, 5.41) is 0.527. The molecule has 1 aromatic carbocycles. The van der Waals surface area contributed by atoms with Gasteiger partial charge in [-0.3, -0.25) is 4.79 Å².